The average Bonchev–Trinajstić information content (AvgIpc) is 3.04. The van der Waals surface area contributed by atoms with Crippen LogP contribution in [0, 0.1) is 5.41 Å². The van der Waals surface area contributed by atoms with Gasteiger partial charge in [-0.25, -0.2) is 4.79 Å². The topological polar surface area (TPSA) is 76.1 Å². The fraction of sp³-hybridized carbons (Fsp3) is 0.600. The second-order valence-corrected chi connectivity index (χ2v) is 7.31. The number of carboxylic acids is 1. The molecule has 1 amide bonds. The number of hydrogen-bond donors (Lipinski definition) is 1. The summed E-state index contributed by atoms with van der Waals surface area (Å²) in [6, 6.07) is 4.97. The van der Waals surface area contributed by atoms with E-state index in [1.165, 1.54) is 32.1 Å². The monoisotopic (exact) mass is 361 g/mol. The largest absolute Gasteiger partial charge is 0.490 e. The van der Waals surface area contributed by atoms with Gasteiger partial charge in [0.1, 0.15) is 0 Å². The summed E-state index contributed by atoms with van der Waals surface area (Å²) >= 11 is 0. The van der Waals surface area contributed by atoms with Crippen molar-refractivity contribution in [3.63, 3.8) is 0 Å². The number of rotatable bonds is 6. The molecule has 6 nitrogen and oxygen atoms in total. The molecule has 1 aliphatic carbocycles. The van der Waals surface area contributed by atoms with Crippen LogP contribution in [0.15, 0.2) is 18.2 Å². The van der Waals surface area contributed by atoms with Gasteiger partial charge in [-0.2, -0.15) is 0 Å². The molecule has 3 rings (SSSR count). The molecule has 1 saturated carbocycles. The van der Waals surface area contributed by atoms with E-state index in [0.717, 1.165) is 19.5 Å². The highest BCUT2D eigenvalue weighted by molar-refractivity contribution is 5.95. The fourth-order valence-corrected chi connectivity index (χ4v) is 4.17. The van der Waals surface area contributed by atoms with Crippen LogP contribution in [0.2, 0.25) is 0 Å². The number of benzene rings is 1. The van der Waals surface area contributed by atoms with E-state index < -0.39 is 12.6 Å². The van der Waals surface area contributed by atoms with Gasteiger partial charge in [0, 0.05) is 18.7 Å². The molecule has 2 aliphatic rings. The average molecular weight is 361 g/mol. The predicted molar refractivity (Wildman–Crippen MR) is 96.8 cm³/mol. The summed E-state index contributed by atoms with van der Waals surface area (Å²) in [6.07, 6.45) is 7.40. The molecule has 142 valence electrons. The Morgan fingerprint density at radius 3 is 2.58 bits per heavy atom. The lowest BCUT2D eigenvalue weighted by Gasteiger charge is -2.33. The Labute approximate surface area is 154 Å². The van der Waals surface area contributed by atoms with Crippen molar-refractivity contribution in [2.24, 2.45) is 5.41 Å². The van der Waals surface area contributed by atoms with Gasteiger partial charge in [-0.15, -0.1) is 0 Å². The lowest BCUT2D eigenvalue weighted by Crippen LogP contribution is -2.33. The Bertz CT molecular complexity index is 666. The van der Waals surface area contributed by atoms with E-state index in [4.69, 9.17) is 14.6 Å². The molecule has 1 N–H and O–H groups in total. The molecule has 0 atom stereocenters. The summed E-state index contributed by atoms with van der Waals surface area (Å²) in [4.78, 5) is 25.6. The minimum Gasteiger partial charge on any atom is -0.490 e. The van der Waals surface area contributed by atoms with E-state index in [9.17, 15) is 9.59 Å². The maximum absolute atomic E-state index is 12.9. The van der Waals surface area contributed by atoms with Crippen molar-refractivity contribution < 1.29 is 24.2 Å². The molecular formula is C20H27NO5. The summed E-state index contributed by atoms with van der Waals surface area (Å²) < 4.78 is 10.8. The number of nitrogens with zero attached hydrogens (tertiary/aromatic N) is 1. The molecule has 2 fully saturated rings. The molecule has 1 aromatic rings. The van der Waals surface area contributed by atoms with Crippen LogP contribution < -0.4 is 9.47 Å². The van der Waals surface area contributed by atoms with Crippen LogP contribution in [0.25, 0.3) is 0 Å². The van der Waals surface area contributed by atoms with E-state index in [0.29, 0.717) is 29.1 Å². The van der Waals surface area contributed by atoms with Crippen molar-refractivity contribution in [2.45, 2.75) is 45.4 Å². The zero-order chi connectivity index (χ0) is 18.6. The fourth-order valence-electron chi connectivity index (χ4n) is 4.17. The summed E-state index contributed by atoms with van der Waals surface area (Å²) in [5.74, 6) is -0.289. The van der Waals surface area contributed by atoms with Crippen LogP contribution in [0.3, 0.4) is 0 Å². The first-order valence-electron chi connectivity index (χ1n) is 9.44. The standard InChI is InChI=1S/C20H27NO5/c1-2-25-17-12-15(6-7-16(17)26-13-18(22)23)19(24)21-11-10-20(14-21)8-4-3-5-9-20/h6-7,12H,2-5,8-11,13-14H2,1H3,(H,22,23). The molecule has 26 heavy (non-hydrogen) atoms. The van der Waals surface area contributed by atoms with Gasteiger partial charge in [-0.1, -0.05) is 19.3 Å². The molecule has 1 aliphatic heterocycles. The molecule has 1 saturated heterocycles. The first-order chi connectivity index (χ1) is 12.5. The second kappa shape index (κ2) is 7.98. The van der Waals surface area contributed by atoms with E-state index in [1.54, 1.807) is 18.2 Å². The van der Waals surface area contributed by atoms with Crippen molar-refractivity contribution in [1.29, 1.82) is 0 Å². The zero-order valence-electron chi connectivity index (χ0n) is 15.3. The number of aliphatic carboxylic acids is 1. The van der Waals surface area contributed by atoms with Gasteiger partial charge < -0.3 is 19.5 Å². The molecule has 0 aromatic heterocycles. The van der Waals surface area contributed by atoms with E-state index in [1.807, 2.05) is 11.8 Å². The summed E-state index contributed by atoms with van der Waals surface area (Å²) in [5.41, 5.74) is 0.880. The molecule has 0 unspecified atom stereocenters. The van der Waals surface area contributed by atoms with Gasteiger partial charge in [-0.3, -0.25) is 4.79 Å². The van der Waals surface area contributed by atoms with Gasteiger partial charge in [-0.05, 0) is 49.8 Å². The predicted octanol–water partition coefficient (Wildman–Crippen LogP) is 3.35. The Morgan fingerprint density at radius 1 is 1.12 bits per heavy atom. The van der Waals surface area contributed by atoms with Crippen LogP contribution in [0.5, 0.6) is 11.5 Å². The third kappa shape index (κ3) is 4.11. The Balaban J connectivity index is 1.72. The molecular weight excluding hydrogens is 334 g/mol. The number of amides is 1. The van der Waals surface area contributed by atoms with Crippen molar-refractivity contribution in [3.8, 4) is 11.5 Å². The lowest BCUT2D eigenvalue weighted by atomic mass is 9.73. The van der Waals surface area contributed by atoms with E-state index in [2.05, 4.69) is 0 Å². The van der Waals surface area contributed by atoms with Crippen LogP contribution in [0.1, 0.15) is 55.8 Å². The minimum absolute atomic E-state index is 0.0122. The highest BCUT2D eigenvalue weighted by atomic mass is 16.5. The van der Waals surface area contributed by atoms with E-state index >= 15 is 0 Å². The lowest BCUT2D eigenvalue weighted by molar-refractivity contribution is -0.139. The number of carboxylic acid groups (broad SMARTS) is 1. The third-order valence-electron chi connectivity index (χ3n) is 5.48. The molecule has 1 heterocycles. The first-order valence-corrected chi connectivity index (χ1v) is 9.44. The zero-order valence-corrected chi connectivity index (χ0v) is 15.3. The second-order valence-electron chi connectivity index (χ2n) is 7.31. The minimum atomic E-state index is -1.05. The number of likely N-dealkylation sites (tertiary alicyclic amines) is 1. The molecule has 1 aromatic carbocycles. The number of carbonyl (C=O) groups is 2. The van der Waals surface area contributed by atoms with Gasteiger partial charge in [0.25, 0.3) is 5.91 Å². The van der Waals surface area contributed by atoms with Crippen molar-refractivity contribution in [3.05, 3.63) is 23.8 Å². The van der Waals surface area contributed by atoms with Gasteiger partial charge in [0.15, 0.2) is 18.1 Å². The van der Waals surface area contributed by atoms with Gasteiger partial charge >= 0.3 is 5.97 Å². The van der Waals surface area contributed by atoms with Crippen molar-refractivity contribution in [1.82, 2.24) is 4.90 Å². The van der Waals surface area contributed by atoms with Crippen LogP contribution in [-0.4, -0.2) is 48.2 Å². The third-order valence-corrected chi connectivity index (χ3v) is 5.48. The summed E-state index contributed by atoms with van der Waals surface area (Å²) in [6.45, 7) is 3.45. The number of carbonyl (C=O) groups excluding carboxylic acids is 1. The number of ether oxygens (including phenoxy) is 2. The smallest absolute Gasteiger partial charge is 0.341 e. The van der Waals surface area contributed by atoms with E-state index in [-0.39, 0.29) is 5.91 Å². The normalized spacial score (nSPS) is 18.7. The summed E-state index contributed by atoms with van der Waals surface area (Å²) in [5, 5.41) is 8.78. The Morgan fingerprint density at radius 2 is 1.88 bits per heavy atom. The quantitative estimate of drug-likeness (QED) is 0.841. The van der Waals surface area contributed by atoms with Gasteiger partial charge in [0.05, 0.1) is 6.61 Å². The molecule has 0 radical (unpaired) electrons. The first kappa shape index (κ1) is 18.5. The van der Waals surface area contributed by atoms with Crippen LogP contribution >= 0.6 is 0 Å². The molecule has 1 spiro atoms. The number of hydrogen-bond acceptors (Lipinski definition) is 4. The van der Waals surface area contributed by atoms with Crippen LogP contribution in [0.4, 0.5) is 0 Å². The summed E-state index contributed by atoms with van der Waals surface area (Å²) in [7, 11) is 0. The molecule has 0 bridgehead atoms. The van der Waals surface area contributed by atoms with Crippen molar-refractivity contribution in [2.75, 3.05) is 26.3 Å². The highest BCUT2D eigenvalue weighted by Crippen LogP contribution is 2.44. The highest BCUT2D eigenvalue weighted by Gasteiger charge is 2.40. The van der Waals surface area contributed by atoms with Crippen molar-refractivity contribution >= 4 is 11.9 Å². The molecule has 6 heteroatoms. The SMILES string of the molecule is CCOc1cc(C(=O)N2CCC3(CCCCC3)C2)ccc1OCC(=O)O. The van der Waals surface area contributed by atoms with Crippen LogP contribution in [-0.2, 0) is 4.79 Å². The Kier molecular flexibility index (Phi) is 5.69. The Hall–Kier alpha value is -2.24. The maximum Gasteiger partial charge on any atom is 0.341 e. The van der Waals surface area contributed by atoms with Gasteiger partial charge in [0.2, 0.25) is 0 Å². The maximum atomic E-state index is 12.9.